The van der Waals surface area contributed by atoms with Crippen LogP contribution in [0.25, 0.3) is 0 Å². The topological polar surface area (TPSA) is 77.3 Å². The van der Waals surface area contributed by atoms with Crippen LogP contribution in [0.3, 0.4) is 0 Å². The molecular formula is C17H14N2O4. The van der Waals surface area contributed by atoms with Crippen LogP contribution in [0.2, 0.25) is 0 Å². The maximum atomic E-state index is 10.6. The lowest BCUT2D eigenvalue weighted by atomic mass is 10.0. The Balaban J connectivity index is 2.39. The molecule has 0 amide bonds. The molecule has 6 heteroatoms. The van der Waals surface area contributed by atoms with Crippen LogP contribution in [-0.2, 0) is 16.0 Å². The average Bonchev–Trinajstić information content (AvgIpc) is 2.58. The van der Waals surface area contributed by atoms with E-state index in [0.29, 0.717) is 29.3 Å². The van der Waals surface area contributed by atoms with Crippen LogP contribution >= 0.6 is 0 Å². The van der Waals surface area contributed by atoms with Gasteiger partial charge in [0.25, 0.3) is 0 Å². The van der Waals surface area contributed by atoms with Gasteiger partial charge in [0.2, 0.25) is 12.2 Å². The molecule has 0 aliphatic heterocycles. The molecule has 2 rings (SSSR count). The second kappa shape index (κ2) is 7.71. The highest BCUT2D eigenvalue weighted by Crippen LogP contribution is 2.31. The number of aliphatic imine (C=N–C) groups is 2. The molecule has 0 aliphatic carbocycles. The van der Waals surface area contributed by atoms with Crippen molar-refractivity contribution >= 4 is 23.5 Å². The van der Waals surface area contributed by atoms with Crippen molar-refractivity contribution in [3.63, 3.8) is 0 Å². The Morgan fingerprint density at radius 3 is 2.30 bits per heavy atom. The van der Waals surface area contributed by atoms with E-state index < -0.39 is 0 Å². The third-order valence-corrected chi connectivity index (χ3v) is 3.26. The van der Waals surface area contributed by atoms with Gasteiger partial charge in [0.1, 0.15) is 17.2 Å². The number of methoxy groups -OCH3 is 2. The van der Waals surface area contributed by atoms with E-state index in [1.807, 2.05) is 12.1 Å². The van der Waals surface area contributed by atoms with Gasteiger partial charge >= 0.3 is 0 Å². The molecule has 0 spiro atoms. The molecule has 0 N–H and O–H groups in total. The normalized spacial score (nSPS) is 9.48. The lowest BCUT2D eigenvalue weighted by Crippen LogP contribution is -1.92. The van der Waals surface area contributed by atoms with E-state index in [1.165, 1.54) is 13.2 Å². The number of carbonyl (C=O) groups excluding carboxylic acids is 2. The van der Waals surface area contributed by atoms with Crippen molar-refractivity contribution in [3.05, 3.63) is 47.5 Å². The number of rotatable bonds is 6. The Morgan fingerprint density at radius 1 is 0.913 bits per heavy atom. The van der Waals surface area contributed by atoms with Gasteiger partial charge in [-0.25, -0.2) is 9.59 Å². The van der Waals surface area contributed by atoms with E-state index in [0.717, 1.165) is 11.1 Å². The Morgan fingerprint density at radius 2 is 1.65 bits per heavy atom. The summed E-state index contributed by atoms with van der Waals surface area (Å²) < 4.78 is 10.3. The number of benzene rings is 2. The maximum Gasteiger partial charge on any atom is 0.240 e. The van der Waals surface area contributed by atoms with Crippen molar-refractivity contribution in [2.75, 3.05) is 14.2 Å². The predicted molar refractivity (Wildman–Crippen MR) is 84.4 cm³/mol. The summed E-state index contributed by atoms with van der Waals surface area (Å²) >= 11 is 0. The smallest absolute Gasteiger partial charge is 0.240 e. The average molecular weight is 310 g/mol. The first kappa shape index (κ1) is 16.2. The highest BCUT2D eigenvalue weighted by atomic mass is 16.5. The van der Waals surface area contributed by atoms with E-state index in [1.54, 1.807) is 37.5 Å². The minimum atomic E-state index is 0.409. The molecule has 0 aromatic heterocycles. The first-order valence-electron chi connectivity index (χ1n) is 6.71. The number of hydrogen-bond donors (Lipinski definition) is 0. The molecule has 0 heterocycles. The first-order valence-corrected chi connectivity index (χ1v) is 6.71. The Labute approximate surface area is 133 Å². The highest BCUT2D eigenvalue weighted by Gasteiger charge is 2.08. The number of isocyanates is 2. The van der Waals surface area contributed by atoms with Crippen LogP contribution in [0.5, 0.6) is 11.5 Å². The van der Waals surface area contributed by atoms with Gasteiger partial charge in [-0.15, -0.1) is 0 Å². The summed E-state index contributed by atoms with van der Waals surface area (Å²) in [5.41, 5.74) is 2.66. The molecule has 0 fully saturated rings. The minimum absolute atomic E-state index is 0.409. The second-order valence-corrected chi connectivity index (χ2v) is 4.58. The van der Waals surface area contributed by atoms with Crippen LogP contribution in [0.1, 0.15) is 11.1 Å². The van der Waals surface area contributed by atoms with Crippen LogP contribution in [0.4, 0.5) is 11.4 Å². The van der Waals surface area contributed by atoms with Crippen LogP contribution < -0.4 is 9.47 Å². The predicted octanol–water partition coefficient (Wildman–Crippen LogP) is 3.23. The lowest BCUT2D eigenvalue weighted by molar-refractivity contribution is 0.414. The van der Waals surface area contributed by atoms with Crippen molar-refractivity contribution < 1.29 is 19.1 Å². The van der Waals surface area contributed by atoms with Gasteiger partial charge < -0.3 is 9.47 Å². The van der Waals surface area contributed by atoms with E-state index >= 15 is 0 Å². The Bertz CT molecular complexity index is 804. The summed E-state index contributed by atoms with van der Waals surface area (Å²) in [4.78, 5) is 28.3. The van der Waals surface area contributed by atoms with Crippen LogP contribution in [-0.4, -0.2) is 26.4 Å². The maximum absolute atomic E-state index is 10.6. The van der Waals surface area contributed by atoms with Gasteiger partial charge in [-0.1, -0.05) is 12.1 Å². The van der Waals surface area contributed by atoms with Crippen molar-refractivity contribution in [2.45, 2.75) is 6.42 Å². The lowest BCUT2D eigenvalue weighted by Gasteiger charge is -2.09. The molecule has 0 atom stereocenters. The van der Waals surface area contributed by atoms with Crippen molar-refractivity contribution in [2.24, 2.45) is 9.98 Å². The zero-order valence-corrected chi connectivity index (χ0v) is 12.7. The fourth-order valence-corrected chi connectivity index (χ4v) is 2.17. The molecule has 0 aliphatic rings. The summed E-state index contributed by atoms with van der Waals surface area (Å²) in [7, 11) is 3.04. The standard InChI is InChI=1S/C17H14N2O4/c1-22-14-5-4-13(16(9-14)19-11-21)7-12-3-6-15(18-10-20)17(8-12)23-2/h3-6,8-9H,7H2,1-2H3. The van der Waals surface area contributed by atoms with Gasteiger partial charge in [-0.3, -0.25) is 0 Å². The fourth-order valence-electron chi connectivity index (χ4n) is 2.17. The third kappa shape index (κ3) is 3.92. The summed E-state index contributed by atoms with van der Waals surface area (Å²) in [5.74, 6) is 1.08. The monoisotopic (exact) mass is 310 g/mol. The number of ether oxygens (including phenoxy) is 2. The summed E-state index contributed by atoms with van der Waals surface area (Å²) in [6.07, 6.45) is 3.56. The Hall–Kier alpha value is -3.20. The number of hydrogen-bond acceptors (Lipinski definition) is 6. The van der Waals surface area contributed by atoms with Gasteiger partial charge in [-0.2, -0.15) is 9.98 Å². The van der Waals surface area contributed by atoms with Gasteiger partial charge in [0.05, 0.1) is 19.9 Å². The van der Waals surface area contributed by atoms with E-state index in [4.69, 9.17) is 9.47 Å². The molecule has 6 nitrogen and oxygen atoms in total. The minimum Gasteiger partial charge on any atom is -0.497 e. The zero-order valence-electron chi connectivity index (χ0n) is 12.7. The van der Waals surface area contributed by atoms with Crippen LogP contribution in [0.15, 0.2) is 46.4 Å². The third-order valence-electron chi connectivity index (χ3n) is 3.26. The molecule has 2 aromatic carbocycles. The van der Waals surface area contributed by atoms with Crippen molar-refractivity contribution in [1.29, 1.82) is 0 Å². The zero-order chi connectivity index (χ0) is 16.7. The van der Waals surface area contributed by atoms with Gasteiger partial charge in [0, 0.05) is 6.07 Å². The SMILES string of the molecule is COc1ccc(Cc2ccc(N=C=O)c(OC)c2)c(N=C=O)c1. The van der Waals surface area contributed by atoms with Gasteiger partial charge in [0.15, 0.2) is 0 Å². The highest BCUT2D eigenvalue weighted by molar-refractivity contribution is 5.61. The summed E-state index contributed by atoms with van der Waals surface area (Å²) in [6, 6.07) is 10.6. The molecule has 23 heavy (non-hydrogen) atoms. The molecule has 0 radical (unpaired) electrons. The summed E-state index contributed by atoms with van der Waals surface area (Å²) in [5, 5.41) is 0. The van der Waals surface area contributed by atoms with E-state index in [-0.39, 0.29) is 0 Å². The second-order valence-electron chi connectivity index (χ2n) is 4.58. The van der Waals surface area contributed by atoms with Gasteiger partial charge in [-0.05, 0) is 35.7 Å². The quantitative estimate of drug-likeness (QED) is 0.606. The molecule has 0 bridgehead atoms. The van der Waals surface area contributed by atoms with Crippen LogP contribution in [0, 0.1) is 0 Å². The molecule has 0 saturated heterocycles. The van der Waals surface area contributed by atoms with Crippen molar-refractivity contribution in [3.8, 4) is 11.5 Å². The molecule has 0 unspecified atom stereocenters. The molecule has 0 saturated carbocycles. The van der Waals surface area contributed by atoms with Crippen molar-refractivity contribution in [1.82, 2.24) is 0 Å². The van der Waals surface area contributed by atoms with E-state index in [2.05, 4.69) is 9.98 Å². The molecular weight excluding hydrogens is 296 g/mol. The van der Waals surface area contributed by atoms with E-state index in [9.17, 15) is 9.59 Å². The molecule has 116 valence electrons. The summed E-state index contributed by atoms with van der Waals surface area (Å²) in [6.45, 7) is 0. The number of nitrogens with zero attached hydrogens (tertiary/aromatic N) is 2. The largest absolute Gasteiger partial charge is 0.497 e. The fraction of sp³-hybridized carbons (Fsp3) is 0.176. The molecule has 2 aromatic rings. The first-order chi connectivity index (χ1) is 11.2. The Kier molecular flexibility index (Phi) is 5.42.